The maximum absolute atomic E-state index is 13.1. The first-order chi connectivity index (χ1) is 18.2. The second kappa shape index (κ2) is 13.2. The number of ether oxygens (including phenoxy) is 2. The third kappa shape index (κ3) is 7.31. The number of carboxylic acid groups (broad SMARTS) is 1. The summed E-state index contributed by atoms with van der Waals surface area (Å²) in [6, 6.07) is 11.2. The minimum absolute atomic E-state index is 0.256. The van der Waals surface area contributed by atoms with Gasteiger partial charge in [-0.15, -0.1) is 0 Å². The molecule has 0 aliphatic carbocycles. The van der Waals surface area contributed by atoms with Crippen LogP contribution in [0.3, 0.4) is 0 Å². The molecule has 0 aromatic heterocycles. The van der Waals surface area contributed by atoms with Crippen molar-refractivity contribution in [1.29, 1.82) is 0 Å². The highest BCUT2D eigenvalue weighted by Crippen LogP contribution is 2.29. The van der Waals surface area contributed by atoms with Crippen LogP contribution in [0.1, 0.15) is 42.1 Å². The van der Waals surface area contributed by atoms with Gasteiger partial charge >= 0.3 is 5.97 Å². The van der Waals surface area contributed by atoms with E-state index in [0.29, 0.717) is 37.2 Å². The van der Waals surface area contributed by atoms with E-state index in [-0.39, 0.29) is 12.2 Å². The van der Waals surface area contributed by atoms with Gasteiger partial charge in [-0.2, -0.15) is 0 Å². The third-order valence-corrected chi connectivity index (χ3v) is 6.11. The number of aldehydes is 1. The van der Waals surface area contributed by atoms with Crippen molar-refractivity contribution in [3.8, 4) is 11.5 Å². The van der Waals surface area contributed by atoms with Crippen LogP contribution in [0.2, 0.25) is 0 Å². The summed E-state index contributed by atoms with van der Waals surface area (Å²) in [5.74, 6) is -2.01. The van der Waals surface area contributed by atoms with E-state index in [1.54, 1.807) is 12.1 Å². The van der Waals surface area contributed by atoms with E-state index in [0.717, 1.165) is 5.56 Å². The van der Waals surface area contributed by atoms with Gasteiger partial charge in [0.15, 0.2) is 11.5 Å². The molecule has 11 nitrogen and oxygen atoms in total. The van der Waals surface area contributed by atoms with Crippen LogP contribution in [0.15, 0.2) is 48.5 Å². The number of aliphatic carboxylic acids is 1. The zero-order valence-electron chi connectivity index (χ0n) is 21.2. The van der Waals surface area contributed by atoms with Crippen LogP contribution >= 0.6 is 0 Å². The lowest BCUT2D eigenvalue weighted by Crippen LogP contribution is -2.54. The molecule has 0 bridgehead atoms. The molecule has 0 saturated carbocycles. The molecule has 2 aromatic carbocycles. The Balaban J connectivity index is 1.64. The molecule has 1 fully saturated rings. The Labute approximate surface area is 220 Å². The van der Waals surface area contributed by atoms with E-state index in [1.165, 1.54) is 25.0 Å². The normalized spacial score (nSPS) is 16.2. The average molecular weight is 526 g/mol. The lowest BCUT2D eigenvalue weighted by atomic mass is 10.1. The summed E-state index contributed by atoms with van der Waals surface area (Å²) in [5.41, 5.74) is 1.20. The molecule has 1 heterocycles. The first-order valence-corrected chi connectivity index (χ1v) is 12.2. The van der Waals surface area contributed by atoms with Crippen LogP contribution in [0.4, 0.5) is 0 Å². The molecular formula is C27H31N3O8. The number of methoxy groups -OCH3 is 1. The molecule has 1 unspecified atom stereocenters. The summed E-state index contributed by atoms with van der Waals surface area (Å²) in [4.78, 5) is 62.1. The summed E-state index contributed by atoms with van der Waals surface area (Å²) >= 11 is 0. The maximum Gasteiger partial charge on any atom is 0.305 e. The van der Waals surface area contributed by atoms with Crippen molar-refractivity contribution in [2.24, 2.45) is 0 Å². The van der Waals surface area contributed by atoms with Gasteiger partial charge < -0.3 is 34.9 Å². The molecule has 0 spiro atoms. The first kappa shape index (κ1) is 28.2. The molecule has 3 atom stereocenters. The van der Waals surface area contributed by atoms with Gasteiger partial charge in [-0.05, 0) is 43.5 Å². The van der Waals surface area contributed by atoms with E-state index < -0.39 is 48.2 Å². The Morgan fingerprint density at radius 1 is 1.11 bits per heavy atom. The van der Waals surface area contributed by atoms with Gasteiger partial charge in [-0.25, -0.2) is 0 Å². The highest BCUT2D eigenvalue weighted by Gasteiger charge is 2.37. The van der Waals surface area contributed by atoms with Crippen molar-refractivity contribution >= 4 is 30.0 Å². The molecular weight excluding hydrogens is 494 g/mol. The Morgan fingerprint density at radius 3 is 2.50 bits per heavy atom. The number of amides is 3. The van der Waals surface area contributed by atoms with E-state index in [1.807, 2.05) is 30.3 Å². The topological polar surface area (TPSA) is 151 Å². The van der Waals surface area contributed by atoms with Crippen LogP contribution in [-0.2, 0) is 25.8 Å². The van der Waals surface area contributed by atoms with Crippen molar-refractivity contribution in [3.63, 3.8) is 0 Å². The third-order valence-electron chi connectivity index (χ3n) is 6.11. The molecule has 1 saturated heterocycles. The number of hydrogen-bond acceptors (Lipinski definition) is 7. The summed E-state index contributed by atoms with van der Waals surface area (Å²) in [5, 5.41) is 13.9. The molecule has 1 aliphatic rings. The molecule has 3 N–H and O–H groups in total. The predicted molar refractivity (Wildman–Crippen MR) is 136 cm³/mol. The Hall–Kier alpha value is -4.41. The largest absolute Gasteiger partial charge is 0.493 e. The van der Waals surface area contributed by atoms with Crippen LogP contribution in [0.25, 0.3) is 0 Å². The van der Waals surface area contributed by atoms with Gasteiger partial charge in [0.1, 0.15) is 25.0 Å². The van der Waals surface area contributed by atoms with Gasteiger partial charge in [0.2, 0.25) is 11.8 Å². The average Bonchev–Trinajstić information content (AvgIpc) is 3.41. The summed E-state index contributed by atoms with van der Waals surface area (Å²) in [6.45, 7) is 2.08. The highest BCUT2D eigenvalue weighted by atomic mass is 16.5. The minimum atomic E-state index is -1.23. The van der Waals surface area contributed by atoms with Gasteiger partial charge in [-0.3, -0.25) is 19.2 Å². The van der Waals surface area contributed by atoms with Crippen LogP contribution in [0, 0.1) is 0 Å². The summed E-state index contributed by atoms with van der Waals surface area (Å²) in [6.07, 6.45) is 0.706. The number of rotatable bonds is 12. The summed E-state index contributed by atoms with van der Waals surface area (Å²) < 4.78 is 11.2. The predicted octanol–water partition coefficient (Wildman–Crippen LogP) is 1.54. The number of carboxylic acids is 1. The standard InChI is InChI=1S/C27H31N3O8/c1-17(27(36)30-12-6-9-21(30)26(35)29-20(15-31)14-24(32)33)28-25(34)19-10-11-22(37-2)23(13-19)38-16-18-7-4-3-5-8-18/h3-5,7-8,10-11,13,15,17,20-21H,6,9,12,14,16H2,1-2H3,(H,28,34)(H,29,35)(H,32,33)/t17-,20?,21-/m0/s1. The molecule has 3 rings (SSSR count). The first-order valence-electron chi connectivity index (χ1n) is 12.2. The highest BCUT2D eigenvalue weighted by molar-refractivity contribution is 5.99. The zero-order valence-corrected chi connectivity index (χ0v) is 21.2. The Bertz CT molecular complexity index is 1170. The van der Waals surface area contributed by atoms with Crippen molar-refractivity contribution in [1.82, 2.24) is 15.5 Å². The second-order valence-electron chi connectivity index (χ2n) is 8.87. The number of carbonyl (C=O) groups excluding carboxylic acids is 4. The van der Waals surface area contributed by atoms with Gasteiger partial charge in [0, 0.05) is 12.1 Å². The maximum atomic E-state index is 13.1. The lowest BCUT2D eigenvalue weighted by Gasteiger charge is -2.28. The van der Waals surface area contributed by atoms with Crippen molar-refractivity contribution in [3.05, 3.63) is 59.7 Å². The lowest BCUT2D eigenvalue weighted by molar-refractivity contribution is -0.141. The fourth-order valence-corrected chi connectivity index (χ4v) is 4.16. The Morgan fingerprint density at radius 2 is 1.84 bits per heavy atom. The van der Waals surface area contributed by atoms with Crippen LogP contribution < -0.4 is 20.1 Å². The van der Waals surface area contributed by atoms with E-state index in [4.69, 9.17) is 14.6 Å². The van der Waals surface area contributed by atoms with E-state index in [2.05, 4.69) is 10.6 Å². The number of benzene rings is 2. The summed E-state index contributed by atoms with van der Waals surface area (Å²) in [7, 11) is 1.49. The minimum Gasteiger partial charge on any atom is -0.493 e. The molecule has 1 aliphatic heterocycles. The number of carbonyl (C=O) groups is 5. The number of nitrogens with one attached hydrogen (secondary N) is 2. The van der Waals surface area contributed by atoms with Crippen LogP contribution in [-0.4, -0.2) is 71.8 Å². The molecule has 11 heteroatoms. The van der Waals surface area contributed by atoms with Crippen molar-refractivity contribution in [2.45, 2.75) is 50.9 Å². The van der Waals surface area contributed by atoms with E-state index in [9.17, 15) is 24.0 Å². The molecule has 38 heavy (non-hydrogen) atoms. The van der Waals surface area contributed by atoms with Crippen LogP contribution in [0.5, 0.6) is 11.5 Å². The number of hydrogen-bond donors (Lipinski definition) is 3. The smallest absolute Gasteiger partial charge is 0.305 e. The van der Waals surface area contributed by atoms with Gasteiger partial charge in [-0.1, -0.05) is 30.3 Å². The Kier molecular flexibility index (Phi) is 9.80. The number of likely N-dealkylation sites (tertiary alicyclic amines) is 1. The van der Waals surface area contributed by atoms with E-state index >= 15 is 0 Å². The fourth-order valence-electron chi connectivity index (χ4n) is 4.16. The van der Waals surface area contributed by atoms with Crippen molar-refractivity contribution in [2.75, 3.05) is 13.7 Å². The zero-order chi connectivity index (χ0) is 27.7. The SMILES string of the molecule is COc1ccc(C(=O)N[C@@H](C)C(=O)N2CCC[C@H]2C(=O)NC(C=O)CC(=O)O)cc1OCc1ccccc1. The number of nitrogens with zero attached hydrogens (tertiary/aromatic N) is 1. The second-order valence-corrected chi connectivity index (χ2v) is 8.87. The monoisotopic (exact) mass is 525 g/mol. The van der Waals surface area contributed by atoms with Crippen molar-refractivity contribution < 1.29 is 38.6 Å². The molecule has 0 radical (unpaired) electrons. The quantitative estimate of drug-likeness (QED) is 0.353. The van der Waals surface area contributed by atoms with Gasteiger partial charge in [0.25, 0.3) is 5.91 Å². The van der Waals surface area contributed by atoms with Gasteiger partial charge in [0.05, 0.1) is 19.6 Å². The fraction of sp³-hybridized carbons (Fsp3) is 0.370. The molecule has 2 aromatic rings. The molecule has 3 amide bonds. The molecule has 202 valence electrons.